The van der Waals surface area contributed by atoms with E-state index in [0.717, 1.165) is 19.7 Å². The quantitative estimate of drug-likeness (QED) is 0.735. The van der Waals surface area contributed by atoms with E-state index in [4.69, 9.17) is 4.74 Å². The largest absolute Gasteiger partial charge is 0.379 e. The van der Waals surface area contributed by atoms with Gasteiger partial charge in [0.1, 0.15) is 0 Å². The SMILES string of the molecule is CC(=O)NC(COCC1CCCNC1)C(C)C. The Labute approximate surface area is 104 Å². The van der Waals surface area contributed by atoms with Crippen LogP contribution in [0.25, 0.3) is 0 Å². The Morgan fingerprint density at radius 1 is 1.53 bits per heavy atom. The molecule has 0 saturated carbocycles. The first-order valence-electron chi connectivity index (χ1n) is 6.65. The Morgan fingerprint density at radius 2 is 2.29 bits per heavy atom. The zero-order chi connectivity index (χ0) is 12.7. The van der Waals surface area contributed by atoms with Crippen molar-refractivity contribution in [1.82, 2.24) is 10.6 Å². The molecule has 4 nitrogen and oxygen atoms in total. The lowest BCUT2D eigenvalue weighted by atomic mass is 10.0. The van der Waals surface area contributed by atoms with Crippen LogP contribution < -0.4 is 10.6 Å². The summed E-state index contributed by atoms with van der Waals surface area (Å²) < 4.78 is 5.74. The summed E-state index contributed by atoms with van der Waals surface area (Å²) in [5.74, 6) is 1.06. The van der Waals surface area contributed by atoms with Crippen LogP contribution in [0, 0.1) is 11.8 Å². The molecule has 100 valence electrons. The van der Waals surface area contributed by atoms with Gasteiger partial charge in [0.15, 0.2) is 0 Å². The fourth-order valence-corrected chi connectivity index (χ4v) is 2.09. The van der Waals surface area contributed by atoms with Crippen molar-refractivity contribution in [2.75, 3.05) is 26.3 Å². The molecule has 0 aromatic heterocycles. The molecular weight excluding hydrogens is 216 g/mol. The predicted octanol–water partition coefficient (Wildman–Crippen LogP) is 1.16. The molecule has 0 bridgehead atoms. The van der Waals surface area contributed by atoms with Gasteiger partial charge < -0.3 is 15.4 Å². The highest BCUT2D eigenvalue weighted by molar-refractivity contribution is 5.73. The fourth-order valence-electron chi connectivity index (χ4n) is 2.09. The van der Waals surface area contributed by atoms with Crippen LogP contribution in [-0.4, -0.2) is 38.3 Å². The third kappa shape index (κ3) is 6.03. The van der Waals surface area contributed by atoms with Gasteiger partial charge in [0.25, 0.3) is 0 Å². The van der Waals surface area contributed by atoms with E-state index in [9.17, 15) is 4.79 Å². The number of rotatable bonds is 6. The maximum atomic E-state index is 11.0. The van der Waals surface area contributed by atoms with E-state index < -0.39 is 0 Å². The first-order chi connectivity index (χ1) is 8.09. The Morgan fingerprint density at radius 3 is 2.82 bits per heavy atom. The number of carbonyl (C=O) groups excluding carboxylic acids is 1. The zero-order valence-electron chi connectivity index (χ0n) is 11.3. The second-order valence-corrected chi connectivity index (χ2v) is 5.30. The molecular formula is C13H26N2O2. The van der Waals surface area contributed by atoms with E-state index >= 15 is 0 Å². The standard InChI is InChI=1S/C13H26N2O2/c1-10(2)13(15-11(3)16)9-17-8-12-5-4-6-14-7-12/h10,12-14H,4-9H2,1-3H3,(H,15,16). The second kappa shape index (κ2) is 7.67. The topological polar surface area (TPSA) is 50.4 Å². The molecule has 4 heteroatoms. The summed E-state index contributed by atoms with van der Waals surface area (Å²) in [5.41, 5.74) is 0. The molecule has 0 aliphatic carbocycles. The molecule has 1 aliphatic rings. The van der Waals surface area contributed by atoms with Gasteiger partial charge in [-0.1, -0.05) is 13.8 Å². The normalized spacial score (nSPS) is 22.5. The summed E-state index contributed by atoms with van der Waals surface area (Å²) in [6.45, 7) is 9.38. The molecule has 1 fully saturated rings. The summed E-state index contributed by atoms with van der Waals surface area (Å²) >= 11 is 0. The average molecular weight is 242 g/mol. The minimum absolute atomic E-state index is 0.0200. The molecule has 0 radical (unpaired) electrons. The number of nitrogens with one attached hydrogen (secondary N) is 2. The molecule has 2 unspecified atom stereocenters. The van der Waals surface area contributed by atoms with E-state index in [2.05, 4.69) is 24.5 Å². The summed E-state index contributed by atoms with van der Waals surface area (Å²) in [6.07, 6.45) is 2.49. The van der Waals surface area contributed by atoms with E-state index in [-0.39, 0.29) is 11.9 Å². The summed E-state index contributed by atoms with van der Waals surface area (Å²) in [7, 11) is 0. The molecule has 1 aliphatic heterocycles. The van der Waals surface area contributed by atoms with Crippen LogP contribution in [0.5, 0.6) is 0 Å². The lowest BCUT2D eigenvalue weighted by Crippen LogP contribution is -2.41. The lowest BCUT2D eigenvalue weighted by molar-refractivity contribution is -0.120. The van der Waals surface area contributed by atoms with Crippen molar-refractivity contribution in [3.05, 3.63) is 0 Å². The van der Waals surface area contributed by atoms with Crippen molar-refractivity contribution >= 4 is 5.91 Å². The van der Waals surface area contributed by atoms with Gasteiger partial charge in [-0.2, -0.15) is 0 Å². The number of hydrogen-bond acceptors (Lipinski definition) is 3. The van der Waals surface area contributed by atoms with Gasteiger partial charge in [-0.25, -0.2) is 0 Å². The molecule has 17 heavy (non-hydrogen) atoms. The van der Waals surface area contributed by atoms with E-state index in [1.807, 2.05) is 0 Å². The van der Waals surface area contributed by atoms with Crippen molar-refractivity contribution in [2.45, 2.75) is 39.7 Å². The van der Waals surface area contributed by atoms with Crippen LogP contribution in [0.3, 0.4) is 0 Å². The average Bonchev–Trinajstić information content (AvgIpc) is 2.28. The zero-order valence-corrected chi connectivity index (χ0v) is 11.3. The molecule has 2 N–H and O–H groups in total. The van der Waals surface area contributed by atoms with Crippen LogP contribution in [0.1, 0.15) is 33.6 Å². The van der Waals surface area contributed by atoms with Gasteiger partial charge in [0.05, 0.1) is 19.3 Å². The molecule has 0 aromatic carbocycles. The predicted molar refractivity (Wildman–Crippen MR) is 68.9 cm³/mol. The Kier molecular flexibility index (Phi) is 6.52. The van der Waals surface area contributed by atoms with E-state index in [0.29, 0.717) is 18.4 Å². The molecule has 2 atom stereocenters. The van der Waals surface area contributed by atoms with Crippen molar-refractivity contribution in [1.29, 1.82) is 0 Å². The van der Waals surface area contributed by atoms with Crippen LogP contribution in [0.15, 0.2) is 0 Å². The molecule has 1 amide bonds. The van der Waals surface area contributed by atoms with Gasteiger partial charge in [0, 0.05) is 13.5 Å². The molecule has 0 spiro atoms. The van der Waals surface area contributed by atoms with Crippen molar-refractivity contribution in [2.24, 2.45) is 11.8 Å². The number of piperidine rings is 1. The summed E-state index contributed by atoms with van der Waals surface area (Å²) in [5, 5.41) is 6.32. The minimum Gasteiger partial charge on any atom is -0.379 e. The highest BCUT2D eigenvalue weighted by Gasteiger charge is 2.17. The van der Waals surface area contributed by atoms with E-state index in [1.165, 1.54) is 12.8 Å². The fraction of sp³-hybridized carbons (Fsp3) is 0.923. The van der Waals surface area contributed by atoms with Crippen molar-refractivity contribution < 1.29 is 9.53 Å². The maximum Gasteiger partial charge on any atom is 0.217 e. The van der Waals surface area contributed by atoms with Gasteiger partial charge in [-0.3, -0.25) is 4.79 Å². The number of ether oxygens (including phenoxy) is 1. The highest BCUT2D eigenvalue weighted by atomic mass is 16.5. The Hall–Kier alpha value is -0.610. The third-order valence-electron chi connectivity index (χ3n) is 3.24. The third-order valence-corrected chi connectivity index (χ3v) is 3.24. The second-order valence-electron chi connectivity index (χ2n) is 5.30. The van der Waals surface area contributed by atoms with Gasteiger partial charge >= 0.3 is 0 Å². The highest BCUT2D eigenvalue weighted by Crippen LogP contribution is 2.11. The Balaban J connectivity index is 2.19. The first-order valence-corrected chi connectivity index (χ1v) is 6.65. The lowest BCUT2D eigenvalue weighted by Gasteiger charge is -2.25. The smallest absolute Gasteiger partial charge is 0.217 e. The number of hydrogen-bond donors (Lipinski definition) is 2. The van der Waals surface area contributed by atoms with Crippen molar-refractivity contribution in [3.63, 3.8) is 0 Å². The Bertz CT molecular complexity index is 225. The van der Waals surface area contributed by atoms with Crippen molar-refractivity contribution in [3.8, 4) is 0 Å². The summed E-state index contributed by atoms with van der Waals surface area (Å²) in [4.78, 5) is 11.0. The van der Waals surface area contributed by atoms with Gasteiger partial charge in [-0.15, -0.1) is 0 Å². The summed E-state index contributed by atoms with van der Waals surface area (Å²) in [6, 6.07) is 0.129. The number of carbonyl (C=O) groups is 1. The van der Waals surface area contributed by atoms with E-state index in [1.54, 1.807) is 6.92 Å². The molecule has 1 heterocycles. The van der Waals surface area contributed by atoms with Gasteiger partial charge in [0.2, 0.25) is 5.91 Å². The van der Waals surface area contributed by atoms with Crippen LogP contribution in [0.4, 0.5) is 0 Å². The molecule has 1 rings (SSSR count). The minimum atomic E-state index is 0.0200. The molecule has 0 aromatic rings. The maximum absolute atomic E-state index is 11.0. The van der Waals surface area contributed by atoms with Crippen LogP contribution in [-0.2, 0) is 9.53 Å². The monoisotopic (exact) mass is 242 g/mol. The first kappa shape index (κ1) is 14.5. The molecule has 1 saturated heterocycles. The van der Waals surface area contributed by atoms with Gasteiger partial charge in [-0.05, 0) is 31.2 Å². The number of amides is 1. The van der Waals surface area contributed by atoms with Crippen LogP contribution >= 0.6 is 0 Å². The van der Waals surface area contributed by atoms with Crippen LogP contribution in [0.2, 0.25) is 0 Å².